The molecule has 0 aliphatic rings. The molecule has 0 radical (unpaired) electrons. The first-order valence-electron chi connectivity index (χ1n) is 7.36. The molecule has 0 atom stereocenters. The number of ether oxygens (including phenoxy) is 1. The van der Waals surface area contributed by atoms with Gasteiger partial charge in [0.15, 0.2) is 0 Å². The number of benzene rings is 1. The molecule has 0 saturated carbocycles. The maximum Gasteiger partial charge on any atom is 0.243 e. The van der Waals surface area contributed by atoms with Crippen molar-refractivity contribution in [3.8, 4) is 5.75 Å². The summed E-state index contributed by atoms with van der Waals surface area (Å²) < 4.78 is 32.3. The summed E-state index contributed by atoms with van der Waals surface area (Å²) in [4.78, 5) is 0.266. The first-order chi connectivity index (χ1) is 9.88. The second kappa shape index (κ2) is 7.77. The molecule has 0 aliphatic heterocycles. The molecule has 6 heteroatoms. The van der Waals surface area contributed by atoms with E-state index < -0.39 is 10.0 Å². The summed E-state index contributed by atoms with van der Waals surface area (Å²) in [6.07, 6.45) is 0.890. The van der Waals surface area contributed by atoms with Gasteiger partial charge in [0.1, 0.15) is 5.75 Å². The van der Waals surface area contributed by atoms with Crippen LogP contribution in [0.25, 0.3) is 0 Å². The first kappa shape index (κ1) is 17.9. The van der Waals surface area contributed by atoms with E-state index in [4.69, 9.17) is 10.5 Å². The molecule has 0 amide bonds. The third kappa shape index (κ3) is 4.18. The molecule has 1 aromatic rings. The molecule has 21 heavy (non-hydrogen) atoms. The van der Waals surface area contributed by atoms with Gasteiger partial charge in [0.25, 0.3) is 0 Å². The lowest BCUT2D eigenvalue weighted by Crippen LogP contribution is -2.36. The molecule has 5 nitrogen and oxygen atoms in total. The number of sulfonamides is 1. The highest BCUT2D eigenvalue weighted by atomic mass is 32.2. The van der Waals surface area contributed by atoms with Gasteiger partial charge in [-0.25, -0.2) is 8.42 Å². The van der Waals surface area contributed by atoms with E-state index in [2.05, 4.69) is 0 Å². The van der Waals surface area contributed by atoms with Crippen LogP contribution in [0.2, 0.25) is 0 Å². The fraction of sp³-hybridized carbons (Fsp3) is 0.600. The quantitative estimate of drug-likeness (QED) is 0.799. The first-order valence-corrected chi connectivity index (χ1v) is 8.80. The smallest absolute Gasteiger partial charge is 0.243 e. The zero-order chi connectivity index (χ0) is 16.0. The minimum absolute atomic E-state index is 0.0858. The number of nitrogens with two attached hydrogens (primary N) is 1. The highest BCUT2D eigenvalue weighted by Crippen LogP contribution is 2.25. The van der Waals surface area contributed by atoms with Crippen LogP contribution in [0.5, 0.6) is 5.75 Å². The monoisotopic (exact) mass is 314 g/mol. The van der Waals surface area contributed by atoms with Crippen LogP contribution in [0.15, 0.2) is 23.1 Å². The van der Waals surface area contributed by atoms with E-state index >= 15 is 0 Å². The lowest BCUT2D eigenvalue weighted by Gasteiger charge is -2.24. The number of rotatable bonds is 8. The Kier molecular flexibility index (Phi) is 6.64. The van der Waals surface area contributed by atoms with Crippen LogP contribution in [0, 0.1) is 0 Å². The zero-order valence-corrected chi connectivity index (χ0v) is 14.1. The summed E-state index contributed by atoms with van der Waals surface area (Å²) in [7, 11) is -3.50. The van der Waals surface area contributed by atoms with Gasteiger partial charge in [0.2, 0.25) is 10.0 Å². The standard InChI is InChI=1S/C15H26N2O3S/c1-5-9-20-15-8-7-14(10-13(15)11-16)21(18,19)17(6-2)12(3)4/h7-8,10,12H,5-6,9,11,16H2,1-4H3. The lowest BCUT2D eigenvalue weighted by atomic mass is 10.2. The Hall–Kier alpha value is -1.11. The van der Waals surface area contributed by atoms with Crippen LogP contribution in [-0.4, -0.2) is 31.9 Å². The average Bonchev–Trinajstić information content (AvgIpc) is 2.44. The summed E-state index contributed by atoms with van der Waals surface area (Å²) >= 11 is 0. The maximum atomic E-state index is 12.6. The van der Waals surface area contributed by atoms with Crippen LogP contribution in [-0.2, 0) is 16.6 Å². The molecule has 0 heterocycles. The summed E-state index contributed by atoms with van der Waals surface area (Å²) in [6.45, 7) is 8.85. The van der Waals surface area contributed by atoms with Crippen molar-refractivity contribution in [3.05, 3.63) is 23.8 Å². The van der Waals surface area contributed by atoms with Crippen molar-refractivity contribution in [3.63, 3.8) is 0 Å². The van der Waals surface area contributed by atoms with Crippen LogP contribution in [0.3, 0.4) is 0 Å². The summed E-state index contributed by atoms with van der Waals surface area (Å²) in [5, 5.41) is 0. The topological polar surface area (TPSA) is 72.6 Å². The molecule has 0 fully saturated rings. The molecular weight excluding hydrogens is 288 g/mol. The van der Waals surface area contributed by atoms with Crippen LogP contribution >= 0.6 is 0 Å². The molecule has 120 valence electrons. The van der Waals surface area contributed by atoms with Crippen LogP contribution in [0.4, 0.5) is 0 Å². The molecule has 0 unspecified atom stereocenters. The summed E-state index contributed by atoms with van der Waals surface area (Å²) in [6, 6.07) is 4.81. The Morgan fingerprint density at radius 3 is 2.43 bits per heavy atom. The molecule has 0 aliphatic carbocycles. The Morgan fingerprint density at radius 1 is 1.29 bits per heavy atom. The van der Waals surface area contributed by atoms with Crippen LogP contribution < -0.4 is 10.5 Å². The van der Waals surface area contributed by atoms with Crippen molar-refractivity contribution >= 4 is 10.0 Å². The fourth-order valence-corrected chi connectivity index (χ4v) is 3.87. The molecule has 2 N–H and O–H groups in total. The second-order valence-electron chi connectivity index (χ2n) is 5.12. The highest BCUT2D eigenvalue weighted by molar-refractivity contribution is 7.89. The summed E-state index contributed by atoms with van der Waals surface area (Å²) in [5.74, 6) is 0.658. The SMILES string of the molecule is CCCOc1ccc(S(=O)(=O)N(CC)C(C)C)cc1CN. The minimum atomic E-state index is -3.50. The minimum Gasteiger partial charge on any atom is -0.493 e. The number of nitrogens with zero attached hydrogens (tertiary/aromatic N) is 1. The van der Waals surface area contributed by atoms with Crippen molar-refractivity contribution < 1.29 is 13.2 Å². The normalized spacial score (nSPS) is 12.1. The van der Waals surface area contributed by atoms with Gasteiger partial charge in [-0.3, -0.25) is 0 Å². The predicted molar refractivity (Wildman–Crippen MR) is 84.8 cm³/mol. The largest absolute Gasteiger partial charge is 0.493 e. The molecule has 0 spiro atoms. The van der Waals surface area contributed by atoms with Gasteiger partial charge in [0.05, 0.1) is 11.5 Å². The van der Waals surface area contributed by atoms with Gasteiger partial charge in [-0.15, -0.1) is 0 Å². The van der Waals surface area contributed by atoms with E-state index in [9.17, 15) is 8.42 Å². The summed E-state index contributed by atoms with van der Waals surface area (Å²) in [5.41, 5.74) is 6.43. The van der Waals surface area contributed by atoms with Gasteiger partial charge < -0.3 is 10.5 Å². The maximum absolute atomic E-state index is 12.6. The zero-order valence-electron chi connectivity index (χ0n) is 13.3. The highest BCUT2D eigenvalue weighted by Gasteiger charge is 2.26. The Labute approximate surface area is 128 Å². The van der Waals surface area contributed by atoms with E-state index in [1.54, 1.807) is 18.2 Å². The molecule has 1 aromatic carbocycles. The predicted octanol–water partition coefficient (Wildman–Crippen LogP) is 2.35. The van der Waals surface area contributed by atoms with E-state index in [1.807, 2.05) is 27.7 Å². The van der Waals surface area contributed by atoms with Crippen molar-refractivity contribution in [1.82, 2.24) is 4.31 Å². The molecule has 0 aromatic heterocycles. The van der Waals surface area contributed by atoms with Crippen molar-refractivity contribution in [1.29, 1.82) is 0 Å². The van der Waals surface area contributed by atoms with E-state index in [0.29, 0.717) is 24.5 Å². The van der Waals surface area contributed by atoms with E-state index in [1.165, 1.54) is 4.31 Å². The number of hydrogen-bond donors (Lipinski definition) is 1. The Morgan fingerprint density at radius 2 is 1.95 bits per heavy atom. The van der Waals surface area contributed by atoms with Gasteiger partial charge in [-0.2, -0.15) is 4.31 Å². The van der Waals surface area contributed by atoms with Crippen molar-refractivity contribution in [2.75, 3.05) is 13.2 Å². The van der Waals surface area contributed by atoms with E-state index in [-0.39, 0.29) is 17.5 Å². The van der Waals surface area contributed by atoms with Gasteiger partial charge in [-0.05, 0) is 38.5 Å². The molecule has 1 rings (SSSR count). The fourth-order valence-electron chi connectivity index (χ4n) is 2.18. The Bertz CT molecular complexity index is 556. The molecule has 0 bridgehead atoms. The molecule has 0 saturated heterocycles. The van der Waals surface area contributed by atoms with Crippen molar-refractivity contribution in [2.45, 2.75) is 51.6 Å². The third-order valence-electron chi connectivity index (χ3n) is 3.21. The van der Waals surface area contributed by atoms with Gasteiger partial charge in [0, 0.05) is 24.7 Å². The van der Waals surface area contributed by atoms with Gasteiger partial charge >= 0.3 is 0 Å². The molecular formula is C15H26N2O3S. The van der Waals surface area contributed by atoms with E-state index in [0.717, 1.165) is 6.42 Å². The second-order valence-corrected chi connectivity index (χ2v) is 7.01. The van der Waals surface area contributed by atoms with Crippen molar-refractivity contribution in [2.24, 2.45) is 5.73 Å². The Balaban J connectivity index is 3.19. The average molecular weight is 314 g/mol. The van der Waals surface area contributed by atoms with Crippen LogP contribution in [0.1, 0.15) is 39.7 Å². The number of hydrogen-bond acceptors (Lipinski definition) is 4. The third-order valence-corrected chi connectivity index (χ3v) is 5.35. The lowest BCUT2D eigenvalue weighted by molar-refractivity contribution is 0.314. The van der Waals surface area contributed by atoms with Gasteiger partial charge in [-0.1, -0.05) is 13.8 Å².